The lowest BCUT2D eigenvalue weighted by Gasteiger charge is -2.16. The number of rotatable bonds is 6. The van der Waals surface area contributed by atoms with E-state index in [4.69, 9.17) is 4.74 Å². The predicted octanol–water partition coefficient (Wildman–Crippen LogP) is 6.28. The Labute approximate surface area is 217 Å². The molecule has 0 bridgehead atoms. The van der Waals surface area contributed by atoms with E-state index in [1.54, 1.807) is 18.3 Å². The van der Waals surface area contributed by atoms with Gasteiger partial charge < -0.3 is 10.1 Å². The van der Waals surface area contributed by atoms with Gasteiger partial charge in [-0.1, -0.05) is 64.5 Å². The molecule has 1 atom stereocenters. The van der Waals surface area contributed by atoms with Crippen LogP contribution in [-0.2, 0) is 11.3 Å². The highest BCUT2D eigenvalue weighted by Gasteiger charge is 2.19. The van der Waals surface area contributed by atoms with Gasteiger partial charge in [0.2, 0.25) is 0 Å². The van der Waals surface area contributed by atoms with Gasteiger partial charge in [-0.25, -0.2) is 4.79 Å². The number of hydrogen-bond donors (Lipinski definition) is 1. The molecular weight excluding hydrogens is 518 g/mol. The molecule has 1 amide bonds. The quantitative estimate of drug-likeness (QED) is 0.257. The lowest BCUT2D eigenvalue weighted by molar-refractivity contribution is 0.0600. The second-order valence-corrected chi connectivity index (χ2v) is 9.60. The van der Waals surface area contributed by atoms with Gasteiger partial charge in [-0.3, -0.25) is 9.48 Å². The van der Waals surface area contributed by atoms with Gasteiger partial charge in [0, 0.05) is 9.86 Å². The zero-order valence-corrected chi connectivity index (χ0v) is 21.5. The summed E-state index contributed by atoms with van der Waals surface area (Å²) < 4.78 is 7.43. The molecule has 6 nitrogen and oxygen atoms in total. The molecule has 0 aliphatic heterocycles. The third kappa shape index (κ3) is 4.75. The van der Waals surface area contributed by atoms with Crippen molar-refractivity contribution in [3.63, 3.8) is 0 Å². The molecule has 5 rings (SSSR count). The number of esters is 1. The number of carbonyl (C=O) groups is 2. The molecule has 180 valence electrons. The van der Waals surface area contributed by atoms with Crippen LogP contribution in [0, 0.1) is 0 Å². The van der Waals surface area contributed by atoms with Crippen LogP contribution in [0.1, 0.15) is 44.8 Å². The monoisotopic (exact) mass is 541 g/mol. The fraction of sp³-hybridized carbons (Fsp3) is 0.138. The van der Waals surface area contributed by atoms with E-state index in [9.17, 15) is 9.59 Å². The summed E-state index contributed by atoms with van der Waals surface area (Å²) >= 11 is 3.53. The third-order valence-electron chi connectivity index (χ3n) is 6.27. The zero-order chi connectivity index (χ0) is 25.2. The highest BCUT2D eigenvalue weighted by molar-refractivity contribution is 9.10. The minimum absolute atomic E-state index is 0.203. The molecule has 1 aromatic heterocycles. The number of ether oxygens (including phenoxy) is 1. The maximum atomic E-state index is 13.4. The Morgan fingerprint density at radius 1 is 0.972 bits per heavy atom. The minimum atomic E-state index is -0.394. The van der Waals surface area contributed by atoms with Crippen molar-refractivity contribution in [2.24, 2.45) is 0 Å². The first-order valence-electron chi connectivity index (χ1n) is 11.5. The minimum Gasteiger partial charge on any atom is -0.465 e. The van der Waals surface area contributed by atoms with E-state index in [0.717, 1.165) is 26.5 Å². The van der Waals surface area contributed by atoms with E-state index in [1.807, 2.05) is 48.0 Å². The number of halogens is 1. The summed E-state index contributed by atoms with van der Waals surface area (Å²) in [5.41, 5.74) is 3.76. The van der Waals surface area contributed by atoms with Gasteiger partial charge in [-0.15, -0.1) is 0 Å². The van der Waals surface area contributed by atoms with Crippen LogP contribution >= 0.6 is 15.9 Å². The van der Waals surface area contributed by atoms with Crippen molar-refractivity contribution in [1.82, 2.24) is 15.1 Å². The van der Waals surface area contributed by atoms with Crippen molar-refractivity contribution < 1.29 is 14.3 Å². The first kappa shape index (κ1) is 23.8. The molecular formula is C29H24BrN3O3. The summed E-state index contributed by atoms with van der Waals surface area (Å²) in [4.78, 5) is 25.2. The number of amides is 1. The van der Waals surface area contributed by atoms with Crippen molar-refractivity contribution in [3.05, 3.63) is 112 Å². The highest BCUT2D eigenvalue weighted by atomic mass is 79.9. The van der Waals surface area contributed by atoms with E-state index in [1.165, 1.54) is 17.9 Å². The van der Waals surface area contributed by atoms with E-state index >= 15 is 0 Å². The summed E-state index contributed by atoms with van der Waals surface area (Å²) in [5, 5.41) is 10.9. The van der Waals surface area contributed by atoms with Crippen LogP contribution in [0.15, 0.2) is 89.5 Å². The normalized spacial score (nSPS) is 12.0. The lowest BCUT2D eigenvalue weighted by Crippen LogP contribution is -2.27. The Kier molecular flexibility index (Phi) is 6.57. The number of nitrogens with zero attached hydrogens (tertiary/aromatic N) is 2. The van der Waals surface area contributed by atoms with E-state index < -0.39 is 5.97 Å². The molecule has 0 saturated heterocycles. The van der Waals surface area contributed by atoms with Gasteiger partial charge in [0.15, 0.2) is 0 Å². The smallest absolute Gasteiger partial charge is 0.337 e. The van der Waals surface area contributed by atoms with Crippen LogP contribution in [0.4, 0.5) is 0 Å². The Bertz CT molecular complexity index is 1590. The number of benzene rings is 4. The van der Waals surface area contributed by atoms with Crippen LogP contribution in [0.3, 0.4) is 0 Å². The SMILES string of the molecule is COC(=O)c1ccc([C@H](C)NC(=O)c2cc(Br)cc3cnn(Cc4ccc5ccccc5c4)c23)cc1. The molecule has 0 radical (unpaired) electrons. The van der Waals surface area contributed by atoms with E-state index in [2.05, 4.69) is 56.7 Å². The Hall–Kier alpha value is -3.97. The fourth-order valence-corrected chi connectivity index (χ4v) is 4.86. The first-order chi connectivity index (χ1) is 17.4. The van der Waals surface area contributed by atoms with Crippen LogP contribution < -0.4 is 5.32 Å². The van der Waals surface area contributed by atoms with Crippen molar-refractivity contribution in [3.8, 4) is 0 Å². The molecule has 7 heteroatoms. The molecule has 4 aromatic carbocycles. The molecule has 36 heavy (non-hydrogen) atoms. The van der Waals surface area contributed by atoms with Crippen LogP contribution in [-0.4, -0.2) is 28.8 Å². The maximum absolute atomic E-state index is 13.4. The van der Waals surface area contributed by atoms with Gasteiger partial charge in [-0.2, -0.15) is 5.10 Å². The molecule has 0 aliphatic carbocycles. The van der Waals surface area contributed by atoms with Crippen molar-refractivity contribution in [2.75, 3.05) is 7.11 Å². The first-order valence-corrected chi connectivity index (χ1v) is 12.3. The zero-order valence-electron chi connectivity index (χ0n) is 19.9. The van der Waals surface area contributed by atoms with Crippen molar-refractivity contribution in [2.45, 2.75) is 19.5 Å². The summed E-state index contributed by atoms with van der Waals surface area (Å²) in [7, 11) is 1.35. The molecule has 0 aliphatic rings. The number of nitrogens with one attached hydrogen (secondary N) is 1. The number of fused-ring (bicyclic) bond motifs is 2. The molecule has 0 spiro atoms. The van der Waals surface area contributed by atoms with Gasteiger partial charge >= 0.3 is 5.97 Å². The largest absolute Gasteiger partial charge is 0.465 e. The highest BCUT2D eigenvalue weighted by Crippen LogP contribution is 2.27. The number of hydrogen-bond acceptors (Lipinski definition) is 4. The molecule has 1 N–H and O–H groups in total. The summed E-state index contributed by atoms with van der Waals surface area (Å²) in [6, 6.07) is 25.1. The standard InChI is InChI=1S/C29H24BrN3O3/c1-18(20-9-11-22(12-10-20)29(35)36-2)32-28(34)26-15-25(30)14-24-16-31-33(27(24)26)17-19-7-8-21-5-3-4-6-23(21)13-19/h3-16,18H,17H2,1-2H3,(H,32,34)/t18-/m0/s1. The average Bonchev–Trinajstić information content (AvgIpc) is 3.29. The van der Waals surface area contributed by atoms with Crippen molar-refractivity contribution in [1.29, 1.82) is 0 Å². The Morgan fingerprint density at radius 2 is 1.72 bits per heavy atom. The Balaban J connectivity index is 1.43. The average molecular weight is 542 g/mol. The van der Waals surface area contributed by atoms with E-state index in [-0.39, 0.29) is 11.9 Å². The van der Waals surface area contributed by atoms with Gasteiger partial charge in [0.25, 0.3) is 5.91 Å². The number of carbonyl (C=O) groups excluding carboxylic acids is 2. The van der Waals surface area contributed by atoms with Gasteiger partial charge in [-0.05, 0) is 59.2 Å². The second-order valence-electron chi connectivity index (χ2n) is 8.68. The summed E-state index contributed by atoms with van der Waals surface area (Å²) in [6.07, 6.45) is 1.78. The molecule has 0 unspecified atom stereocenters. The van der Waals surface area contributed by atoms with Crippen LogP contribution in [0.2, 0.25) is 0 Å². The summed E-state index contributed by atoms with van der Waals surface area (Å²) in [6.45, 7) is 2.45. The van der Waals surface area contributed by atoms with Crippen LogP contribution in [0.5, 0.6) is 0 Å². The Morgan fingerprint density at radius 3 is 2.47 bits per heavy atom. The molecule has 1 heterocycles. The van der Waals surface area contributed by atoms with Crippen LogP contribution in [0.25, 0.3) is 21.7 Å². The van der Waals surface area contributed by atoms with E-state index in [0.29, 0.717) is 17.7 Å². The van der Waals surface area contributed by atoms with Gasteiger partial charge in [0.1, 0.15) is 0 Å². The molecule has 5 aromatic rings. The van der Waals surface area contributed by atoms with Crippen molar-refractivity contribution >= 4 is 49.5 Å². The summed E-state index contributed by atoms with van der Waals surface area (Å²) in [5.74, 6) is -0.597. The third-order valence-corrected chi connectivity index (χ3v) is 6.73. The fourth-order valence-electron chi connectivity index (χ4n) is 4.38. The second kappa shape index (κ2) is 9.95. The lowest BCUT2D eigenvalue weighted by atomic mass is 10.0. The topological polar surface area (TPSA) is 73.2 Å². The maximum Gasteiger partial charge on any atom is 0.337 e. The molecule has 0 fully saturated rings. The molecule has 0 saturated carbocycles. The van der Waals surface area contributed by atoms with Gasteiger partial charge in [0.05, 0.1) is 42.5 Å². The number of aromatic nitrogens is 2. The number of methoxy groups -OCH3 is 1. The predicted molar refractivity (Wildman–Crippen MR) is 144 cm³/mol.